The average Bonchev–Trinajstić information content (AvgIpc) is 2.65. The van der Waals surface area contributed by atoms with E-state index in [9.17, 15) is 9.18 Å². The molecule has 1 aliphatic rings. The summed E-state index contributed by atoms with van der Waals surface area (Å²) in [7, 11) is 1.75. The second-order valence-corrected chi connectivity index (χ2v) is 7.15. The molecule has 3 rings (SSSR count). The Morgan fingerprint density at radius 3 is 2.72 bits per heavy atom. The van der Waals surface area contributed by atoms with Crippen molar-refractivity contribution in [3.8, 4) is 0 Å². The molecule has 0 bridgehead atoms. The predicted molar refractivity (Wildman–Crippen MR) is 96.8 cm³/mol. The van der Waals surface area contributed by atoms with Crippen LogP contribution in [0.15, 0.2) is 42.7 Å². The van der Waals surface area contributed by atoms with Crippen LogP contribution in [0.1, 0.15) is 23.9 Å². The lowest BCUT2D eigenvalue weighted by Gasteiger charge is -2.30. The molecule has 25 heavy (non-hydrogen) atoms. The normalized spacial score (nSPS) is 18.6. The number of carbonyl (C=O) groups excluding carboxylic acids is 1. The number of aromatic nitrogens is 2. The monoisotopic (exact) mass is 360 g/mol. The van der Waals surface area contributed by atoms with Gasteiger partial charge in [-0.15, -0.1) is 0 Å². The molecule has 0 saturated carbocycles. The molecule has 2 atom stereocenters. The van der Waals surface area contributed by atoms with E-state index >= 15 is 0 Å². The lowest BCUT2D eigenvalue weighted by atomic mass is 10.0. The first-order valence-electron chi connectivity index (χ1n) is 8.24. The molecule has 1 N–H and O–H groups in total. The molecule has 1 aliphatic heterocycles. The largest absolute Gasteiger partial charge is 0.331 e. The van der Waals surface area contributed by atoms with Gasteiger partial charge >= 0.3 is 0 Å². The van der Waals surface area contributed by atoms with Crippen LogP contribution in [0.2, 0.25) is 0 Å². The predicted octanol–water partition coefficient (Wildman–Crippen LogP) is 2.26. The Balaban J connectivity index is 1.82. The fourth-order valence-corrected chi connectivity index (χ4v) is 3.84. The van der Waals surface area contributed by atoms with E-state index in [-0.39, 0.29) is 17.8 Å². The Morgan fingerprint density at radius 1 is 1.36 bits per heavy atom. The van der Waals surface area contributed by atoms with Gasteiger partial charge in [0, 0.05) is 50.0 Å². The van der Waals surface area contributed by atoms with Gasteiger partial charge in [0.25, 0.3) is 0 Å². The van der Waals surface area contributed by atoms with Crippen LogP contribution in [0.3, 0.4) is 0 Å². The van der Waals surface area contributed by atoms with Crippen LogP contribution in [0.5, 0.6) is 0 Å². The smallest absolute Gasteiger partial charge is 0.224 e. The van der Waals surface area contributed by atoms with E-state index in [0.717, 1.165) is 23.6 Å². The molecule has 7 heteroatoms. The van der Waals surface area contributed by atoms with Gasteiger partial charge in [-0.05, 0) is 23.8 Å². The zero-order chi connectivity index (χ0) is 17.6. The number of carbonyl (C=O) groups is 1. The highest BCUT2D eigenvalue weighted by molar-refractivity contribution is 7.99. The number of nitrogens with zero attached hydrogens (tertiary/aromatic N) is 3. The quantitative estimate of drug-likeness (QED) is 0.886. The number of nitrogens with one attached hydrogen (secondary N) is 1. The zero-order valence-corrected chi connectivity index (χ0v) is 14.9. The van der Waals surface area contributed by atoms with Gasteiger partial charge < -0.3 is 10.2 Å². The minimum Gasteiger partial charge on any atom is -0.331 e. The molecule has 2 heterocycles. The van der Waals surface area contributed by atoms with Crippen LogP contribution in [0.4, 0.5) is 4.39 Å². The Morgan fingerprint density at radius 2 is 2.08 bits per heavy atom. The Bertz CT molecular complexity index is 692. The van der Waals surface area contributed by atoms with Crippen LogP contribution in [0.25, 0.3) is 0 Å². The molecule has 0 radical (unpaired) electrons. The van der Waals surface area contributed by atoms with E-state index in [1.54, 1.807) is 42.5 Å². The number of benzene rings is 1. The maximum atomic E-state index is 13.3. The summed E-state index contributed by atoms with van der Waals surface area (Å²) in [6, 6.07) is 7.61. The van der Waals surface area contributed by atoms with Crippen molar-refractivity contribution in [2.24, 2.45) is 0 Å². The summed E-state index contributed by atoms with van der Waals surface area (Å²) in [5.74, 6) is 2.24. The second kappa shape index (κ2) is 8.40. The first-order chi connectivity index (χ1) is 12.1. The number of rotatable bonds is 5. The maximum Gasteiger partial charge on any atom is 0.224 e. The summed E-state index contributed by atoms with van der Waals surface area (Å²) in [5.41, 5.74) is 0.787. The van der Waals surface area contributed by atoms with Crippen molar-refractivity contribution in [2.45, 2.75) is 18.5 Å². The van der Waals surface area contributed by atoms with Crippen LogP contribution in [0, 0.1) is 5.82 Å². The number of hydrogen-bond acceptors (Lipinski definition) is 5. The number of amides is 1. The van der Waals surface area contributed by atoms with E-state index in [1.807, 2.05) is 11.8 Å². The highest BCUT2D eigenvalue weighted by atomic mass is 32.2. The highest BCUT2D eigenvalue weighted by Gasteiger charge is 2.28. The van der Waals surface area contributed by atoms with Crippen LogP contribution < -0.4 is 5.32 Å². The van der Waals surface area contributed by atoms with E-state index in [2.05, 4.69) is 15.3 Å². The molecule has 0 aliphatic carbocycles. The fraction of sp³-hybridized carbons (Fsp3) is 0.389. The summed E-state index contributed by atoms with van der Waals surface area (Å²) in [5, 5.41) is 3.38. The summed E-state index contributed by atoms with van der Waals surface area (Å²) in [6.45, 7) is 0.926. The number of thioether (sulfide) groups is 1. The molecular weight excluding hydrogens is 339 g/mol. The van der Waals surface area contributed by atoms with E-state index in [0.29, 0.717) is 12.2 Å². The summed E-state index contributed by atoms with van der Waals surface area (Å²) in [6.07, 6.45) is 3.72. The van der Waals surface area contributed by atoms with Gasteiger partial charge in [0.15, 0.2) is 5.82 Å². The number of halogens is 1. The third-order valence-electron chi connectivity index (χ3n) is 4.22. The zero-order valence-electron chi connectivity index (χ0n) is 14.1. The molecule has 0 spiro atoms. The molecule has 1 amide bonds. The van der Waals surface area contributed by atoms with Gasteiger partial charge in [-0.1, -0.05) is 12.1 Å². The first-order valence-corrected chi connectivity index (χ1v) is 9.40. The second-order valence-electron chi connectivity index (χ2n) is 6.00. The Hall–Kier alpha value is -1.99. The summed E-state index contributed by atoms with van der Waals surface area (Å²) in [4.78, 5) is 23.1. The SMILES string of the molecule is CN(C(=O)C[C@H]1CSCCN1)[C@@H](c1ccc(F)cc1)c1ncccn1. The van der Waals surface area contributed by atoms with Gasteiger partial charge in [-0.2, -0.15) is 11.8 Å². The molecule has 1 saturated heterocycles. The van der Waals surface area contributed by atoms with E-state index in [4.69, 9.17) is 0 Å². The van der Waals surface area contributed by atoms with Crippen molar-refractivity contribution in [2.75, 3.05) is 25.1 Å². The lowest BCUT2D eigenvalue weighted by molar-refractivity contribution is -0.132. The third-order valence-corrected chi connectivity index (χ3v) is 5.35. The molecule has 5 nitrogen and oxygen atoms in total. The molecule has 132 valence electrons. The van der Waals surface area contributed by atoms with E-state index < -0.39 is 6.04 Å². The minimum absolute atomic E-state index is 0.0155. The van der Waals surface area contributed by atoms with Crippen molar-refractivity contribution in [3.63, 3.8) is 0 Å². The molecule has 1 fully saturated rings. The van der Waals surface area contributed by atoms with Crippen molar-refractivity contribution >= 4 is 17.7 Å². The first kappa shape index (κ1) is 17.8. The third kappa shape index (κ3) is 4.55. The molecular formula is C18H21FN4OS. The topological polar surface area (TPSA) is 58.1 Å². The standard InChI is InChI=1S/C18H21FN4OS/c1-23(16(24)11-15-12-25-10-9-20-15)17(18-21-7-2-8-22-18)13-3-5-14(19)6-4-13/h2-8,15,17,20H,9-12H2,1H3/t15-,17-/m0/s1. The van der Waals surface area contributed by atoms with Crippen molar-refractivity contribution in [1.29, 1.82) is 0 Å². The van der Waals surface area contributed by atoms with Crippen LogP contribution >= 0.6 is 11.8 Å². The average molecular weight is 360 g/mol. The number of hydrogen-bond donors (Lipinski definition) is 1. The summed E-state index contributed by atoms with van der Waals surface area (Å²) < 4.78 is 13.3. The van der Waals surface area contributed by atoms with Gasteiger partial charge in [0.2, 0.25) is 5.91 Å². The molecule has 1 aromatic heterocycles. The van der Waals surface area contributed by atoms with Gasteiger partial charge in [0.1, 0.15) is 11.9 Å². The van der Waals surface area contributed by atoms with Crippen LogP contribution in [-0.4, -0.2) is 51.9 Å². The fourth-order valence-electron chi connectivity index (χ4n) is 2.89. The minimum atomic E-state index is -0.439. The maximum absolute atomic E-state index is 13.3. The van der Waals surface area contributed by atoms with Crippen molar-refractivity contribution in [1.82, 2.24) is 20.2 Å². The van der Waals surface area contributed by atoms with Crippen molar-refractivity contribution < 1.29 is 9.18 Å². The van der Waals surface area contributed by atoms with Crippen molar-refractivity contribution in [3.05, 3.63) is 59.9 Å². The van der Waals surface area contributed by atoms with Gasteiger partial charge in [0.05, 0.1) is 0 Å². The molecule has 0 unspecified atom stereocenters. The molecule has 2 aromatic rings. The molecule has 1 aromatic carbocycles. The Labute approximate surface area is 151 Å². The van der Waals surface area contributed by atoms with Crippen LogP contribution in [-0.2, 0) is 4.79 Å². The summed E-state index contributed by atoms with van der Waals surface area (Å²) >= 11 is 1.86. The van der Waals surface area contributed by atoms with E-state index in [1.165, 1.54) is 12.1 Å². The Kier molecular flexibility index (Phi) is 5.99. The van der Waals surface area contributed by atoms with Gasteiger partial charge in [-0.25, -0.2) is 14.4 Å². The highest BCUT2D eigenvalue weighted by Crippen LogP contribution is 2.26. The lowest BCUT2D eigenvalue weighted by Crippen LogP contribution is -2.42. The van der Waals surface area contributed by atoms with Gasteiger partial charge in [-0.3, -0.25) is 4.79 Å².